The lowest BCUT2D eigenvalue weighted by Gasteiger charge is -2.58. The van der Waals surface area contributed by atoms with E-state index >= 15 is 0 Å². The normalized spacial score (nSPS) is 30.1. The number of hydrogen-bond acceptors (Lipinski definition) is 2. The highest BCUT2D eigenvalue weighted by Gasteiger charge is 2.52. The summed E-state index contributed by atoms with van der Waals surface area (Å²) in [7, 11) is -3.26. The molecule has 0 N–H and O–H groups in total. The van der Waals surface area contributed by atoms with Crippen LogP contribution in [0.25, 0.3) is 0 Å². The molecule has 29 heavy (non-hydrogen) atoms. The summed E-state index contributed by atoms with van der Waals surface area (Å²) in [6.45, 7) is 13.8. The zero-order chi connectivity index (χ0) is 21.3. The quantitative estimate of drug-likeness (QED) is 0.470. The van der Waals surface area contributed by atoms with Crippen molar-refractivity contribution in [3.63, 3.8) is 0 Å². The van der Waals surface area contributed by atoms with Gasteiger partial charge in [0.25, 0.3) is 0 Å². The molecular weight excluding hydrogens is 376 g/mol. The summed E-state index contributed by atoms with van der Waals surface area (Å²) in [5.41, 5.74) is 3.13. The smallest absolute Gasteiger partial charge is 0.182 e. The number of fused-ring (bicyclic) bond motifs is 1. The molecule has 3 rings (SSSR count). The molecule has 2 fully saturated rings. The molecule has 0 bridgehead atoms. The Bertz CT molecular complexity index is 863. The molecule has 3 heteroatoms. The third-order valence-electron chi connectivity index (χ3n) is 7.79. The summed E-state index contributed by atoms with van der Waals surface area (Å²) >= 11 is 0. The summed E-state index contributed by atoms with van der Waals surface area (Å²) in [6.07, 6.45) is 10.6. The van der Waals surface area contributed by atoms with Crippen LogP contribution in [-0.2, 0) is 9.84 Å². The highest BCUT2D eigenvalue weighted by atomic mass is 32.2. The number of benzene rings is 1. The fraction of sp³-hybridized carbons (Fsp3) is 0.615. The summed E-state index contributed by atoms with van der Waals surface area (Å²) in [6, 6.07) is 8.77. The van der Waals surface area contributed by atoms with E-state index in [-0.39, 0.29) is 5.75 Å². The highest BCUT2D eigenvalue weighted by Crippen LogP contribution is 2.61. The molecule has 0 unspecified atom stereocenters. The molecule has 160 valence electrons. The van der Waals surface area contributed by atoms with E-state index in [4.69, 9.17) is 0 Å². The Labute approximate surface area is 178 Å². The molecule has 1 aromatic carbocycles. The standard InChI is InChI=1S/C26H38O2S/c1-20(19-29(27,28)22-12-7-6-8-13-22)11-9-14-23-21(2)15-16-24-25(3,4)17-10-18-26(23,24)5/h6-8,11-13,23-24H,2,9-10,14-19H2,1,3-5H3/b20-11+/t23-,24-,26+/m0/s1. The Morgan fingerprint density at radius 3 is 2.55 bits per heavy atom. The molecular formula is C26H38O2S. The van der Waals surface area contributed by atoms with Crippen molar-refractivity contribution in [3.8, 4) is 0 Å². The van der Waals surface area contributed by atoms with Crippen molar-refractivity contribution in [1.82, 2.24) is 0 Å². The fourth-order valence-corrected chi connectivity index (χ4v) is 7.83. The van der Waals surface area contributed by atoms with E-state index in [0.29, 0.717) is 21.6 Å². The number of rotatable bonds is 6. The molecule has 2 aliphatic rings. The van der Waals surface area contributed by atoms with Gasteiger partial charge in [0.05, 0.1) is 10.6 Å². The SMILES string of the molecule is C=C1CC[C@H]2C(C)(C)CCC[C@]2(C)[C@H]1CC/C=C(\C)CS(=O)(=O)c1ccccc1. The van der Waals surface area contributed by atoms with Crippen LogP contribution in [0, 0.1) is 22.7 Å². The first kappa shape index (κ1) is 22.3. The average molecular weight is 415 g/mol. The molecule has 2 saturated carbocycles. The van der Waals surface area contributed by atoms with E-state index < -0.39 is 9.84 Å². The second-order valence-electron chi connectivity index (χ2n) is 10.4. The van der Waals surface area contributed by atoms with Crippen LogP contribution < -0.4 is 0 Å². The van der Waals surface area contributed by atoms with E-state index in [1.807, 2.05) is 13.0 Å². The highest BCUT2D eigenvalue weighted by molar-refractivity contribution is 7.91. The molecule has 2 nitrogen and oxygen atoms in total. The molecule has 1 aromatic rings. The van der Waals surface area contributed by atoms with Crippen molar-refractivity contribution in [2.45, 2.75) is 77.5 Å². The van der Waals surface area contributed by atoms with Crippen molar-refractivity contribution in [2.24, 2.45) is 22.7 Å². The predicted molar refractivity (Wildman–Crippen MR) is 123 cm³/mol. The topological polar surface area (TPSA) is 34.1 Å². The van der Waals surface area contributed by atoms with Crippen LogP contribution in [0.1, 0.15) is 72.6 Å². The van der Waals surface area contributed by atoms with E-state index in [0.717, 1.165) is 30.8 Å². The number of sulfone groups is 1. The summed E-state index contributed by atoms with van der Waals surface area (Å²) in [5.74, 6) is 1.42. The lowest BCUT2D eigenvalue weighted by atomic mass is 9.47. The van der Waals surface area contributed by atoms with Crippen LogP contribution in [0.2, 0.25) is 0 Å². The average Bonchev–Trinajstić information content (AvgIpc) is 2.63. The van der Waals surface area contributed by atoms with E-state index in [1.165, 1.54) is 31.3 Å². The van der Waals surface area contributed by atoms with Gasteiger partial charge in [-0.3, -0.25) is 0 Å². The van der Waals surface area contributed by atoms with Gasteiger partial charge in [-0.2, -0.15) is 0 Å². The van der Waals surface area contributed by atoms with Crippen LogP contribution >= 0.6 is 0 Å². The van der Waals surface area contributed by atoms with Gasteiger partial charge >= 0.3 is 0 Å². The van der Waals surface area contributed by atoms with Crippen molar-refractivity contribution in [2.75, 3.05) is 5.75 Å². The van der Waals surface area contributed by atoms with Crippen LogP contribution in [0.4, 0.5) is 0 Å². The van der Waals surface area contributed by atoms with Crippen LogP contribution in [0.5, 0.6) is 0 Å². The van der Waals surface area contributed by atoms with Crippen LogP contribution in [-0.4, -0.2) is 14.2 Å². The first-order valence-corrected chi connectivity index (χ1v) is 12.8. The molecule has 0 radical (unpaired) electrons. The second-order valence-corrected chi connectivity index (χ2v) is 12.3. The van der Waals surface area contributed by atoms with E-state index in [9.17, 15) is 8.42 Å². The van der Waals surface area contributed by atoms with Gasteiger partial charge in [-0.25, -0.2) is 8.42 Å². The van der Waals surface area contributed by atoms with Gasteiger partial charge in [-0.05, 0) is 80.2 Å². The first-order valence-electron chi connectivity index (χ1n) is 11.2. The van der Waals surface area contributed by atoms with Crippen molar-refractivity contribution < 1.29 is 8.42 Å². The van der Waals surface area contributed by atoms with Gasteiger partial charge in [0, 0.05) is 0 Å². The Morgan fingerprint density at radius 1 is 1.17 bits per heavy atom. The minimum absolute atomic E-state index is 0.107. The number of hydrogen-bond donors (Lipinski definition) is 0. The van der Waals surface area contributed by atoms with Crippen molar-refractivity contribution >= 4 is 9.84 Å². The monoisotopic (exact) mass is 414 g/mol. The molecule has 0 aliphatic heterocycles. The van der Waals surface area contributed by atoms with E-state index in [1.54, 1.807) is 24.3 Å². The third-order valence-corrected chi connectivity index (χ3v) is 9.61. The van der Waals surface area contributed by atoms with Gasteiger partial charge in [0.2, 0.25) is 0 Å². The summed E-state index contributed by atoms with van der Waals surface area (Å²) in [5, 5.41) is 0. The maximum Gasteiger partial charge on any atom is 0.182 e. The molecule has 3 atom stereocenters. The maximum absolute atomic E-state index is 12.6. The van der Waals surface area contributed by atoms with Crippen molar-refractivity contribution in [3.05, 3.63) is 54.1 Å². The van der Waals surface area contributed by atoms with E-state index in [2.05, 4.69) is 33.4 Å². The Kier molecular flexibility index (Phi) is 6.48. The minimum atomic E-state index is -3.26. The maximum atomic E-state index is 12.6. The molecule has 0 saturated heterocycles. The zero-order valence-electron chi connectivity index (χ0n) is 18.7. The fourth-order valence-electron chi connectivity index (χ4n) is 6.37. The summed E-state index contributed by atoms with van der Waals surface area (Å²) < 4.78 is 25.2. The van der Waals surface area contributed by atoms with Crippen LogP contribution in [0.3, 0.4) is 0 Å². The van der Waals surface area contributed by atoms with Crippen LogP contribution in [0.15, 0.2) is 59.0 Å². The predicted octanol–water partition coefficient (Wildman–Crippen LogP) is 6.99. The lowest BCUT2D eigenvalue weighted by molar-refractivity contribution is -0.0537. The second kappa shape index (κ2) is 8.41. The molecule has 0 spiro atoms. The van der Waals surface area contributed by atoms with Gasteiger partial charge in [-0.1, -0.05) is 69.2 Å². The molecule has 0 heterocycles. The van der Waals surface area contributed by atoms with Gasteiger partial charge in [0.15, 0.2) is 9.84 Å². The molecule has 0 amide bonds. The molecule has 0 aromatic heterocycles. The zero-order valence-corrected chi connectivity index (χ0v) is 19.5. The third kappa shape index (κ3) is 4.71. The first-order chi connectivity index (χ1) is 13.6. The van der Waals surface area contributed by atoms with Gasteiger partial charge in [0.1, 0.15) is 0 Å². The Balaban J connectivity index is 1.67. The summed E-state index contributed by atoms with van der Waals surface area (Å²) in [4.78, 5) is 0.410. The Morgan fingerprint density at radius 2 is 1.86 bits per heavy atom. The van der Waals surface area contributed by atoms with Gasteiger partial charge in [-0.15, -0.1) is 0 Å². The largest absolute Gasteiger partial charge is 0.223 e. The Hall–Kier alpha value is -1.35. The minimum Gasteiger partial charge on any atom is -0.223 e. The molecule has 2 aliphatic carbocycles. The van der Waals surface area contributed by atoms with Gasteiger partial charge < -0.3 is 0 Å². The lowest BCUT2D eigenvalue weighted by Crippen LogP contribution is -2.49. The van der Waals surface area contributed by atoms with Crippen molar-refractivity contribution in [1.29, 1.82) is 0 Å². The number of allylic oxidation sites excluding steroid dienone is 2.